The molecule has 4 nitrogen and oxygen atoms in total. The Hall–Kier alpha value is -1.75. The molecule has 0 saturated heterocycles. The van der Waals surface area contributed by atoms with E-state index >= 15 is 0 Å². The lowest BCUT2D eigenvalue weighted by Crippen LogP contribution is -2.37. The Morgan fingerprint density at radius 2 is 1.78 bits per heavy atom. The maximum Gasteiger partial charge on any atom is 0.330 e. The molecule has 18 heavy (non-hydrogen) atoms. The third-order valence-corrected chi connectivity index (χ3v) is 3.72. The van der Waals surface area contributed by atoms with Crippen LogP contribution in [-0.2, 0) is 19.8 Å². The van der Waals surface area contributed by atoms with Gasteiger partial charge in [-0.25, -0.2) is 4.79 Å². The number of benzene rings is 1. The fourth-order valence-electron chi connectivity index (χ4n) is 1.61. The number of nitrogens with zero attached hydrogens (tertiary/aromatic N) is 2. The summed E-state index contributed by atoms with van der Waals surface area (Å²) >= 11 is 1.44. The standard InChI is InChI=1S/C13H14N2O2S/c1-14-8-11(12(16)15(2)13(14)17)18-9-10-6-4-3-5-7-10/h3-8H,9H2,1-2H3. The number of aryl methyl sites for hydroxylation is 1. The third kappa shape index (κ3) is 2.56. The van der Waals surface area contributed by atoms with Gasteiger partial charge in [-0.15, -0.1) is 11.8 Å². The molecule has 0 fully saturated rings. The molecule has 1 aromatic heterocycles. The van der Waals surface area contributed by atoms with Gasteiger partial charge < -0.3 is 4.57 Å². The van der Waals surface area contributed by atoms with Crippen molar-refractivity contribution in [2.75, 3.05) is 0 Å². The Balaban J connectivity index is 2.26. The average molecular weight is 262 g/mol. The Morgan fingerprint density at radius 3 is 2.44 bits per heavy atom. The van der Waals surface area contributed by atoms with Crippen LogP contribution >= 0.6 is 11.8 Å². The van der Waals surface area contributed by atoms with Crippen molar-refractivity contribution in [3.05, 3.63) is 62.9 Å². The first-order valence-electron chi connectivity index (χ1n) is 5.53. The zero-order valence-electron chi connectivity index (χ0n) is 10.3. The van der Waals surface area contributed by atoms with Gasteiger partial charge in [-0.05, 0) is 5.56 Å². The summed E-state index contributed by atoms with van der Waals surface area (Å²) in [7, 11) is 3.14. The van der Waals surface area contributed by atoms with E-state index in [1.807, 2.05) is 30.3 Å². The molecule has 0 spiro atoms. The maximum absolute atomic E-state index is 11.9. The quantitative estimate of drug-likeness (QED) is 0.785. The van der Waals surface area contributed by atoms with Crippen LogP contribution in [0.4, 0.5) is 0 Å². The molecule has 0 amide bonds. The van der Waals surface area contributed by atoms with Gasteiger partial charge in [0.1, 0.15) is 0 Å². The van der Waals surface area contributed by atoms with Gasteiger partial charge in [-0.2, -0.15) is 0 Å². The maximum atomic E-state index is 11.9. The van der Waals surface area contributed by atoms with Gasteiger partial charge in [-0.3, -0.25) is 9.36 Å². The van der Waals surface area contributed by atoms with Crippen molar-refractivity contribution in [1.29, 1.82) is 0 Å². The first kappa shape index (κ1) is 12.7. The fraction of sp³-hybridized carbons (Fsp3) is 0.231. The van der Waals surface area contributed by atoms with E-state index < -0.39 is 0 Å². The lowest BCUT2D eigenvalue weighted by atomic mass is 10.2. The van der Waals surface area contributed by atoms with E-state index in [1.165, 1.54) is 23.4 Å². The molecule has 0 aliphatic rings. The highest BCUT2D eigenvalue weighted by molar-refractivity contribution is 7.98. The van der Waals surface area contributed by atoms with Crippen molar-refractivity contribution in [3.63, 3.8) is 0 Å². The van der Waals surface area contributed by atoms with Gasteiger partial charge in [0, 0.05) is 26.0 Å². The Bertz CT molecular complexity index is 659. The number of rotatable bonds is 3. The second-order valence-corrected chi connectivity index (χ2v) is 5.04. The fourth-order valence-corrected chi connectivity index (χ4v) is 2.62. The SMILES string of the molecule is Cn1cc(SCc2ccccc2)c(=O)n(C)c1=O. The Kier molecular flexibility index (Phi) is 3.72. The summed E-state index contributed by atoms with van der Waals surface area (Å²) in [6.45, 7) is 0. The van der Waals surface area contributed by atoms with Gasteiger partial charge in [0.2, 0.25) is 0 Å². The topological polar surface area (TPSA) is 44.0 Å². The molecule has 2 aromatic rings. The predicted octanol–water partition coefficient (Wildman–Crippen LogP) is 1.38. The van der Waals surface area contributed by atoms with E-state index in [0.717, 1.165) is 10.1 Å². The van der Waals surface area contributed by atoms with Crippen LogP contribution in [0.15, 0.2) is 51.0 Å². The van der Waals surface area contributed by atoms with Gasteiger partial charge in [0.05, 0.1) is 4.90 Å². The van der Waals surface area contributed by atoms with Gasteiger partial charge >= 0.3 is 5.69 Å². The predicted molar refractivity (Wildman–Crippen MR) is 72.9 cm³/mol. The van der Waals surface area contributed by atoms with E-state index in [1.54, 1.807) is 13.2 Å². The van der Waals surface area contributed by atoms with E-state index in [9.17, 15) is 9.59 Å². The van der Waals surface area contributed by atoms with Crippen LogP contribution in [0.2, 0.25) is 0 Å². The first-order valence-corrected chi connectivity index (χ1v) is 6.51. The third-order valence-electron chi connectivity index (χ3n) is 2.65. The number of aromatic nitrogens is 2. The summed E-state index contributed by atoms with van der Waals surface area (Å²) in [6, 6.07) is 9.92. The summed E-state index contributed by atoms with van der Waals surface area (Å²) in [4.78, 5) is 24.0. The highest BCUT2D eigenvalue weighted by atomic mass is 32.2. The lowest BCUT2D eigenvalue weighted by Gasteiger charge is -2.06. The Morgan fingerprint density at radius 1 is 1.11 bits per heavy atom. The molecule has 0 radical (unpaired) electrons. The van der Waals surface area contributed by atoms with Crippen molar-refractivity contribution < 1.29 is 0 Å². The van der Waals surface area contributed by atoms with Crippen LogP contribution in [0.3, 0.4) is 0 Å². The number of hydrogen-bond acceptors (Lipinski definition) is 3. The highest BCUT2D eigenvalue weighted by Gasteiger charge is 2.07. The molecule has 0 N–H and O–H groups in total. The second-order valence-electron chi connectivity index (χ2n) is 4.03. The largest absolute Gasteiger partial charge is 0.330 e. The van der Waals surface area contributed by atoms with Crippen LogP contribution in [0.1, 0.15) is 5.56 Å². The molecular weight excluding hydrogens is 248 g/mol. The molecule has 0 unspecified atom stereocenters. The molecule has 1 aromatic carbocycles. The van der Waals surface area contributed by atoms with Gasteiger partial charge in [0.25, 0.3) is 5.56 Å². The van der Waals surface area contributed by atoms with Crippen LogP contribution in [-0.4, -0.2) is 9.13 Å². The molecular formula is C13H14N2O2S. The minimum atomic E-state index is -0.302. The zero-order chi connectivity index (χ0) is 13.1. The molecule has 94 valence electrons. The molecule has 2 rings (SSSR count). The summed E-state index contributed by atoms with van der Waals surface area (Å²) < 4.78 is 2.56. The molecule has 0 aliphatic heterocycles. The van der Waals surface area contributed by atoms with Gasteiger partial charge in [-0.1, -0.05) is 30.3 Å². The van der Waals surface area contributed by atoms with Crippen LogP contribution in [0.25, 0.3) is 0 Å². The van der Waals surface area contributed by atoms with Crippen molar-refractivity contribution in [2.24, 2.45) is 14.1 Å². The summed E-state index contributed by atoms with van der Waals surface area (Å²) in [5.74, 6) is 0.717. The molecule has 1 heterocycles. The Labute approximate surface area is 109 Å². The van der Waals surface area contributed by atoms with Crippen LogP contribution in [0, 0.1) is 0 Å². The highest BCUT2D eigenvalue weighted by Crippen LogP contribution is 2.18. The average Bonchev–Trinajstić information content (AvgIpc) is 2.40. The first-order chi connectivity index (χ1) is 8.59. The summed E-state index contributed by atoms with van der Waals surface area (Å²) in [5, 5.41) is 0. The van der Waals surface area contributed by atoms with Crippen molar-refractivity contribution in [3.8, 4) is 0 Å². The minimum absolute atomic E-state index is 0.237. The smallest absolute Gasteiger partial charge is 0.302 e. The van der Waals surface area contributed by atoms with Crippen LogP contribution in [0.5, 0.6) is 0 Å². The van der Waals surface area contributed by atoms with Crippen molar-refractivity contribution in [1.82, 2.24) is 9.13 Å². The van der Waals surface area contributed by atoms with E-state index in [2.05, 4.69) is 0 Å². The number of thioether (sulfide) groups is 1. The van der Waals surface area contributed by atoms with Crippen molar-refractivity contribution in [2.45, 2.75) is 10.6 Å². The lowest BCUT2D eigenvalue weighted by molar-refractivity contribution is 0.662. The minimum Gasteiger partial charge on any atom is -0.302 e. The van der Waals surface area contributed by atoms with Crippen LogP contribution < -0.4 is 11.2 Å². The van der Waals surface area contributed by atoms with E-state index in [-0.39, 0.29) is 11.2 Å². The molecule has 0 saturated carbocycles. The molecule has 0 aliphatic carbocycles. The van der Waals surface area contributed by atoms with E-state index in [0.29, 0.717) is 10.6 Å². The second kappa shape index (κ2) is 5.27. The van der Waals surface area contributed by atoms with Crippen molar-refractivity contribution >= 4 is 11.8 Å². The molecule has 0 atom stereocenters. The van der Waals surface area contributed by atoms with Gasteiger partial charge in [0.15, 0.2) is 0 Å². The zero-order valence-corrected chi connectivity index (χ0v) is 11.1. The monoisotopic (exact) mass is 262 g/mol. The normalized spacial score (nSPS) is 10.6. The number of hydrogen-bond donors (Lipinski definition) is 0. The van der Waals surface area contributed by atoms with E-state index in [4.69, 9.17) is 0 Å². The molecule has 0 bridgehead atoms. The summed E-state index contributed by atoms with van der Waals surface area (Å²) in [6.07, 6.45) is 1.60. The molecule has 5 heteroatoms. The summed E-state index contributed by atoms with van der Waals surface area (Å²) in [5.41, 5.74) is 0.612.